The lowest BCUT2D eigenvalue weighted by molar-refractivity contribution is 0.260. The topological polar surface area (TPSA) is 39.7 Å². The summed E-state index contributed by atoms with van der Waals surface area (Å²) in [5.74, 6) is 0.578. The summed E-state index contributed by atoms with van der Waals surface area (Å²) >= 11 is 1.87. The Morgan fingerprint density at radius 2 is 2.15 bits per heavy atom. The van der Waals surface area contributed by atoms with Crippen molar-refractivity contribution >= 4 is 41.3 Å². The zero-order valence-electron chi connectivity index (χ0n) is 15.2. The molecule has 2 heterocycles. The van der Waals surface area contributed by atoms with E-state index in [2.05, 4.69) is 32.0 Å². The van der Waals surface area contributed by atoms with Crippen LogP contribution in [0.4, 0.5) is 4.39 Å². The fourth-order valence-corrected chi connectivity index (χ4v) is 3.87. The number of halogens is 2. The molecule has 1 aliphatic rings. The molecular formula is C19H26FIN4S. The number of aryl methyl sites for hydroxylation is 1. The monoisotopic (exact) mass is 488 g/mol. The van der Waals surface area contributed by atoms with Crippen LogP contribution in [0, 0.1) is 12.7 Å². The molecule has 0 bridgehead atoms. The zero-order chi connectivity index (χ0) is 17.6. The molecular weight excluding hydrogens is 462 g/mol. The SMILES string of the molecule is CN=C(NCCN1CCc2sccc2C1)NCc1ccc(C)c(F)c1.I. The number of rotatable bonds is 5. The van der Waals surface area contributed by atoms with Crippen LogP contribution < -0.4 is 10.6 Å². The fraction of sp³-hybridized carbons (Fsp3) is 0.421. The third-order valence-electron chi connectivity index (χ3n) is 4.53. The Morgan fingerprint density at radius 3 is 2.92 bits per heavy atom. The number of fused-ring (bicyclic) bond motifs is 1. The van der Waals surface area contributed by atoms with Crippen molar-refractivity contribution in [1.29, 1.82) is 0 Å². The predicted molar refractivity (Wildman–Crippen MR) is 118 cm³/mol. The maximum atomic E-state index is 13.6. The van der Waals surface area contributed by atoms with Gasteiger partial charge in [0.05, 0.1) is 0 Å². The van der Waals surface area contributed by atoms with Crippen molar-refractivity contribution in [3.05, 3.63) is 57.0 Å². The van der Waals surface area contributed by atoms with Gasteiger partial charge in [0, 0.05) is 44.6 Å². The van der Waals surface area contributed by atoms with Crippen LogP contribution in [-0.4, -0.2) is 37.5 Å². The number of nitrogens with zero attached hydrogens (tertiary/aromatic N) is 2. The highest BCUT2D eigenvalue weighted by Gasteiger charge is 2.16. The van der Waals surface area contributed by atoms with E-state index in [9.17, 15) is 4.39 Å². The van der Waals surface area contributed by atoms with Gasteiger partial charge in [0.15, 0.2) is 5.96 Å². The highest BCUT2D eigenvalue weighted by atomic mass is 127. The van der Waals surface area contributed by atoms with Crippen molar-refractivity contribution in [3.8, 4) is 0 Å². The standard InChI is InChI=1S/C19H25FN4S.HI/c1-14-3-4-15(11-17(14)20)12-23-19(21-2)22-7-9-24-8-5-18-16(13-24)6-10-25-18;/h3-4,6,10-11H,5,7-9,12-13H2,1-2H3,(H2,21,22,23);1H. The molecule has 2 aromatic rings. The maximum Gasteiger partial charge on any atom is 0.191 e. The van der Waals surface area contributed by atoms with Crippen molar-refractivity contribution in [1.82, 2.24) is 15.5 Å². The number of guanidine groups is 1. The van der Waals surface area contributed by atoms with Crippen LogP contribution in [0.15, 0.2) is 34.6 Å². The van der Waals surface area contributed by atoms with Crippen LogP contribution in [0.25, 0.3) is 0 Å². The average Bonchev–Trinajstić information content (AvgIpc) is 3.08. The second kappa shape index (κ2) is 10.2. The first-order valence-corrected chi connectivity index (χ1v) is 9.51. The third kappa shape index (κ3) is 5.65. The number of nitrogens with one attached hydrogen (secondary N) is 2. The van der Waals surface area contributed by atoms with Crippen LogP contribution in [0.3, 0.4) is 0 Å². The van der Waals surface area contributed by atoms with Crippen molar-refractivity contribution < 1.29 is 4.39 Å². The molecule has 2 N–H and O–H groups in total. The first kappa shape index (κ1) is 21.1. The van der Waals surface area contributed by atoms with Gasteiger partial charge in [-0.05, 0) is 47.5 Å². The quantitative estimate of drug-likeness (QED) is 0.385. The third-order valence-corrected chi connectivity index (χ3v) is 5.55. The summed E-state index contributed by atoms with van der Waals surface area (Å²) in [5.41, 5.74) is 3.05. The molecule has 26 heavy (non-hydrogen) atoms. The minimum absolute atomic E-state index is 0. The van der Waals surface area contributed by atoms with Crippen molar-refractivity contribution in [2.24, 2.45) is 4.99 Å². The molecule has 0 spiro atoms. The number of hydrogen-bond donors (Lipinski definition) is 2. The van der Waals surface area contributed by atoms with Gasteiger partial charge >= 0.3 is 0 Å². The first-order valence-electron chi connectivity index (χ1n) is 8.63. The number of benzene rings is 1. The van der Waals surface area contributed by atoms with Gasteiger partial charge in [0.2, 0.25) is 0 Å². The second-order valence-electron chi connectivity index (χ2n) is 6.33. The van der Waals surface area contributed by atoms with Crippen LogP contribution in [0.2, 0.25) is 0 Å². The van der Waals surface area contributed by atoms with Crippen LogP contribution in [0.5, 0.6) is 0 Å². The molecule has 142 valence electrons. The Balaban J connectivity index is 0.00000243. The van der Waals surface area contributed by atoms with E-state index >= 15 is 0 Å². The van der Waals surface area contributed by atoms with E-state index in [1.807, 2.05) is 17.4 Å². The summed E-state index contributed by atoms with van der Waals surface area (Å²) in [5, 5.41) is 8.76. The molecule has 0 unspecified atom stereocenters. The van der Waals surface area contributed by atoms with Crippen molar-refractivity contribution in [3.63, 3.8) is 0 Å². The van der Waals surface area contributed by atoms with Gasteiger partial charge in [-0.1, -0.05) is 12.1 Å². The molecule has 3 rings (SSSR count). The van der Waals surface area contributed by atoms with Gasteiger partial charge in [-0.25, -0.2) is 4.39 Å². The van der Waals surface area contributed by atoms with Crippen molar-refractivity contribution in [2.75, 3.05) is 26.7 Å². The summed E-state index contributed by atoms with van der Waals surface area (Å²) in [6, 6.07) is 7.55. The minimum Gasteiger partial charge on any atom is -0.355 e. The van der Waals surface area contributed by atoms with Gasteiger partial charge in [-0.2, -0.15) is 0 Å². The van der Waals surface area contributed by atoms with Crippen LogP contribution in [0.1, 0.15) is 21.6 Å². The van der Waals surface area contributed by atoms with Crippen LogP contribution in [-0.2, 0) is 19.5 Å². The average molecular weight is 488 g/mol. The van der Waals surface area contributed by atoms with Gasteiger partial charge in [0.1, 0.15) is 5.82 Å². The zero-order valence-corrected chi connectivity index (χ0v) is 18.4. The van der Waals surface area contributed by atoms with E-state index < -0.39 is 0 Å². The van der Waals surface area contributed by atoms with E-state index in [4.69, 9.17) is 0 Å². The Bertz CT molecular complexity index is 747. The summed E-state index contributed by atoms with van der Waals surface area (Å²) in [4.78, 5) is 8.23. The smallest absolute Gasteiger partial charge is 0.191 e. The van der Waals surface area contributed by atoms with E-state index in [-0.39, 0.29) is 29.8 Å². The lowest BCUT2D eigenvalue weighted by Gasteiger charge is -2.27. The van der Waals surface area contributed by atoms with E-state index in [1.165, 1.54) is 10.4 Å². The second-order valence-corrected chi connectivity index (χ2v) is 7.33. The molecule has 0 amide bonds. The fourth-order valence-electron chi connectivity index (χ4n) is 2.98. The molecule has 1 aliphatic heterocycles. The number of aliphatic imine (C=N–C) groups is 1. The summed E-state index contributed by atoms with van der Waals surface area (Å²) in [6.45, 7) is 6.29. The number of hydrogen-bond acceptors (Lipinski definition) is 3. The normalized spacial score (nSPS) is 14.5. The van der Waals surface area contributed by atoms with Gasteiger partial charge in [-0.3, -0.25) is 9.89 Å². The highest BCUT2D eigenvalue weighted by molar-refractivity contribution is 14.0. The lowest BCUT2D eigenvalue weighted by Crippen LogP contribution is -2.42. The molecule has 0 saturated carbocycles. The van der Waals surface area contributed by atoms with Gasteiger partial charge < -0.3 is 10.6 Å². The van der Waals surface area contributed by atoms with E-state index in [0.29, 0.717) is 12.1 Å². The minimum atomic E-state index is -0.167. The number of thiophene rings is 1. The van der Waals surface area contributed by atoms with Crippen LogP contribution >= 0.6 is 35.3 Å². The molecule has 0 atom stereocenters. The molecule has 1 aromatic carbocycles. The van der Waals surface area contributed by atoms with E-state index in [1.54, 1.807) is 26.1 Å². The van der Waals surface area contributed by atoms with E-state index in [0.717, 1.165) is 44.1 Å². The molecule has 0 fully saturated rings. The molecule has 1 aromatic heterocycles. The summed E-state index contributed by atoms with van der Waals surface area (Å²) in [6.07, 6.45) is 1.15. The largest absolute Gasteiger partial charge is 0.355 e. The van der Waals surface area contributed by atoms with Crippen molar-refractivity contribution in [2.45, 2.75) is 26.4 Å². The molecule has 4 nitrogen and oxygen atoms in total. The van der Waals surface area contributed by atoms with Gasteiger partial charge in [0.25, 0.3) is 0 Å². The molecule has 7 heteroatoms. The van der Waals surface area contributed by atoms with Gasteiger partial charge in [-0.15, -0.1) is 35.3 Å². The Labute approximate surface area is 175 Å². The molecule has 0 aliphatic carbocycles. The first-order chi connectivity index (χ1) is 12.2. The highest BCUT2D eigenvalue weighted by Crippen LogP contribution is 2.23. The lowest BCUT2D eigenvalue weighted by atomic mass is 10.1. The molecule has 0 saturated heterocycles. The Kier molecular flexibility index (Phi) is 8.30. The predicted octanol–water partition coefficient (Wildman–Crippen LogP) is 3.54. The summed E-state index contributed by atoms with van der Waals surface area (Å²) in [7, 11) is 1.75. The Morgan fingerprint density at radius 1 is 1.31 bits per heavy atom. The molecule has 0 radical (unpaired) electrons. The Hall–Kier alpha value is -1.19. The maximum absolute atomic E-state index is 13.6. The summed E-state index contributed by atoms with van der Waals surface area (Å²) < 4.78 is 13.6.